The number of phenolic OH excluding ortho intramolecular Hbond substituents is 1. The zero-order valence-electron chi connectivity index (χ0n) is 23.4. The number of fused-ring (bicyclic) bond motifs is 5. The number of ether oxygens (including phenoxy) is 4. The molecule has 6 rings (SSSR count). The van der Waals surface area contributed by atoms with Crippen molar-refractivity contribution in [3.05, 3.63) is 74.2 Å². The molecule has 10 nitrogen and oxygen atoms in total. The molecule has 0 fully saturated rings. The van der Waals surface area contributed by atoms with Gasteiger partial charge in [-0.1, -0.05) is 0 Å². The maximum atomic E-state index is 14.0. The van der Waals surface area contributed by atoms with E-state index < -0.39 is 28.7 Å². The van der Waals surface area contributed by atoms with E-state index in [1.165, 1.54) is 33.5 Å². The summed E-state index contributed by atoms with van der Waals surface area (Å²) in [5.41, 5.74) is -0.359. The summed E-state index contributed by atoms with van der Waals surface area (Å²) in [4.78, 5) is 26.4. The predicted octanol–water partition coefficient (Wildman–Crippen LogP) is 4.19. The van der Waals surface area contributed by atoms with Crippen LogP contribution in [0, 0.1) is 0 Å². The molecule has 5 aromatic rings. The Morgan fingerprint density at radius 1 is 0.902 bits per heavy atom. The smallest absolute Gasteiger partial charge is 0.336 e. The highest BCUT2D eigenvalue weighted by Crippen LogP contribution is 2.53. The molecule has 41 heavy (non-hydrogen) atoms. The lowest BCUT2D eigenvalue weighted by Gasteiger charge is -2.32. The molecule has 10 heteroatoms. The number of aromatic nitrogens is 1. The summed E-state index contributed by atoms with van der Waals surface area (Å²) in [6, 6.07) is 11.2. The number of aryl methyl sites for hydroxylation is 1. The molecule has 3 heterocycles. The Kier molecular flexibility index (Phi) is 5.93. The van der Waals surface area contributed by atoms with Gasteiger partial charge in [-0.3, -0.25) is 4.79 Å². The summed E-state index contributed by atoms with van der Waals surface area (Å²) in [5, 5.41) is 23.6. The average molecular weight is 560 g/mol. The van der Waals surface area contributed by atoms with Crippen LogP contribution >= 0.6 is 0 Å². The molecule has 2 aromatic heterocycles. The second-order valence-electron chi connectivity index (χ2n) is 10.6. The lowest BCUT2D eigenvalue weighted by atomic mass is 9.79. The van der Waals surface area contributed by atoms with Gasteiger partial charge in [0.1, 0.15) is 28.9 Å². The lowest BCUT2D eigenvalue weighted by Crippen LogP contribution is -2.42. The summed E-state index contributed by atoms with van der Waals surface area (Å²) in [5.74, 6) is 0.339. The molecule has 0 bridgehead atoms. The quantitative estimate of drug-likeness (QED) is 0.240. The third-order valence-corrected chi connectivity index (χ3v) is 7.83. The Bertz CT molecular complexity index is 2000. The van der Waals surface area contributed by atoms with Crippen molar-refractivity contribution in [2.45, 2.75) is 31.5 Å². The standard InChI is InChI=1S/C31H29NO9/c1-31(2,36)30-24(23-17(40-30)10-7-14-8-12-20(34)41-28(14)23)22-19(38-5)13-16(33)21-26(22)32(3)25-15(27(21)35)9-11-18(37-4)29(25)39-6/h7-13,24,30,33,36H,1-6H3. The van der Waals surface area contributed by atoms with Gasteiger partial charge in [0.25, 0.3) is 0 Å². The molecular weight excluding hydrogens is 530 g/mol. The first kappa shape index (κ1) is 26.5. The molecule has 2 N–H and O–H groups in total. The second kappa shape index (κ2) is 9.17. The fourth-order valence-electron chi connectivity index (χ4n) is 6.10. The Balaban J connectivity index is 1.86. The molecule has 0 saturated carbocycles. The number of nitrogens with zero attached hydrogens (tertiary/aromatic N) is 1. The fraction of sp³-hybridized carbons (Fsp3) is 0.290. The van der Waals surface area contributed by atoms with Crippen LogP contribution in [0.15, 0.2) is 56.5 Å². The first-order valence-corrected chi connectivity index (χ1v) is 12.9. The van der Waals surface area contributed by atoms with Crippen molar-refractivity contribution in [2.75, 3.05) is 21.3 Å². The Morgan fingerprint density at radius 3 is 2.27 bits per heavy atom. The van der Waals surface area contributed by atoms with E-state index in [1.54, 1.807) is 55.8 Å². The molecule has 0 amide bonds. The molecule has 212 valence electrons. The highest BCUT2D eigenvalue weighted by molar-refractivity contribution is 6.02. The van der Waals surface area contributed by atoms with Crippen LogP contribution in [-0.2, 0) is 7.05 Å². The van der Waals surface area contributed by atoms with E-state index >= 15 is 0 Å². The van der Waals surface area contributed by atoms with Crippen LogP contribution in [0.25, 0.3) is 32.8 Å². The number of rotatable bonds is 5. The third kappa shape index (κ3) is 3.74. The first-order chi connectivity index (χ1) is 19.5. The predicted molar refractivity (Wildman–Crippen MR) is 153 cm³/mol. The van der Waals surface area contributed by atoms with Crippen molar-refractivity contribution >= 4 is 32.8 Å². The lowest BCUT2D eigenvalue weighted by molar-refractivity contribution is -0.0296. The van der Waals surface area contributed by atoms with Gasteiger partial charge in [-0.2, -0.15) is 0 Å². The number of benzene rings is 3. The van der Waals surface area contributed by atoms with Gasteiger partial charge in [0.05, 0.1) is 54.7 Å². The number of aliphatic hydroxyl groups is 1. The number of aromatic hydroxyl groups is 1. The zero-order chi connectivity index (χ0) is 29.4. The van der Waals surface area contributed by atoms with Crippen molar-refractivity contribution in [1.29, 1.82) is 0 Å². The molecule has 0 radical (unpaired) electrons. The van der Waals surface area contributed by atoms with Gasteiger partial charge in [-0.25, -0.2) is 4.79 Å². The van der Waals surface area contributed by atoms with Crippen LogP contribution in [0.2, 0.25) is 0 Å². The van der Waals surface area contributed by atoms with E-state index in [2.05, 4.69) is 0 Å². The van der Waals surface area contributed by atoms with Gasteiger partial charge in [-0.05, 0) is 44.2 Å². The third-order valence-electron chi connectivity index (χ3n) is 7.83. The van der Waals surface area contributed by atoms with Crippen LogP contribution in [0.1, 0.15) is 30.9 Å². The van der Waals surface area contributed by atoms with Gasteiger partial charge >= 0.3 is 5.63 Å². The van der Waals surface area contributed by atoms with Crippen LogP contribution in [0.5, 0.6) is 28.7 Å². The van der Waals surface area contributed by atoms with E-state index in [1.807, 2.05) is 0 Å². The second-order valence-corrected chi connectivity index (χ2v) is 10.6. The molecule has 1 aliphatic rings. The fourth-order valence-corrected chi connectivity index (χ4v) is 6.10. The molecule has 3 aromatic carbocycles. The van der Waals surface area contributed by atoms with Gasteiger partial charge in [0.15, 0.2) is 11.5 Å². The SMILES string of the molecule is COc1ccc2c(=O)c3c(O)cc(OC)c(C4c5c(ccc6ccc(=O)oc56)OC4C(C)(C)O)c3n(C)c2c1OC. The van der Waals surface area contributed by atoms with Gasteiger partial charge < -0.3 is 38.1 Å². The van der Waals surface area contributed by atoms with Crippen LogP contribution in [0.3, 0.4) is 0 Å². The zero-order valence-corrected chi connectivity index (χ0v) is 23.4. The van der Waals surface area contributed by atoms with E-state index in [9.17, 15) is 19.8 Å². The van der Waals surface area contributed by atoms with Gasteiger partial charge in [-0.15, -0.1) is 0 Å². The molecule has 2 atom stereocenters. The van der Waals surface area contributed by atoms with Gasteiger partial charge in [0.2, 0.25) is 5.43 Å². The number of phenols is 1. The maximum Gasteiger partial charge on any atom is 0.336 e. The molecule has 2 unspecified atom stereocenters. The maximum absolute atomic E-state index is 14.0. The van der Waals surface area contributed by atoms with Crippen molar-refractivity contribution in [1.82, 2.24) is 4.57 Å². The van der Waals surface area contributed by atoms with Crippen LogP contribution in [0.4, 0.5) is 0 Å². The minimum absolute atomic E-state index is 0.0488. The van der Waals surface area contributed by atoms with E-state index in [-0.39, 0.29) is 16.9 Å². The minimum Gasteiger partial charge on any atom is -0.507 e. The van der Waals surface area contributed by atoms with Crippen LogP contribution < -0.4 is 30.0 Å². The highest BCUT2D eigenvalue weighted by atomic mass is 16.5. The average Bonchev–Trinajstić information content (AvgIpc) is 3.35. The number of methoxy groups -OCH3 is 3. The van der Waals surface area contributed by atoms with Crippen molar-refractivity contribution < 1.29 is 33.6 Å². The monoisotopic (exact) mass is 559 g/mol. The largest absolute Gasteiger partial charge is 0.507 e. The first-order valence-electron chi connectivity index (χ1n) is 12.9. The summed E-state index contributed by atoms with van der Waals surface area (Å²) < 4.78 is 30.8. The minimum atomic E-state index is -1.41. The molecular formula is C31H29NO9. The van der Waals surface area contributed by atoms with Crippen molar-refractivity contribution in [2.24, 2.45) is 7.05 Å². The Labute approximate surface area is 233 Å². The molecule has 0 saturated heterocycles. The van der Waals surface area contributed by atoms with E-state index in [0.717, 1.165) is 0 Å². The van der Waals surface area contributed by atoms with E-state index in [0.29, 0.717) is 55.8 Å². The Morgan fingerprint density at radius 2 is 1.61 bits per heavy atom. The topological polar surface area (TPSA) is 130 Å². The van der Waals surface area contributed by atoms with Gasteiger partial charge in [0, 0.05) is 35.7 Å². The normalized spacial score (nSPS) is 16.7. The number of pyridine rings is 1. The van der Waals surface area contributed by atoms with Crippen molar-refractivity contribution in [3.8, 4) is 28.7 Å². The summed E-state index contributed by atoms with van der Waals surface area (Å²) in [7, 11) is 6.18. The molecule has 0 aliphatic carbocycles. The van der Waals surface area contributed by atoms with Crippen molar-refractivity contribution in [3.63, 3.8) is 0 Å². The summed E-state index contributed by atoms with van der Waals surface area (Å²) >= 11 is 0. The molecule has 1 aliphatic heterocycles. The number of hydrogen-bond donors (Lipinski definition) is 2. The van der Waals surface area contributed by atoms with E-state index in [4.69, 9.17) is 23.4 Å². The highest BCUT2D eigenvalue weighted by Gasteiger charge is 2.48. The number of hydrogen-bond acceptors (Lipinski definition) is 9. The molecule has 0 spiro atoms. The Hall–Kier alpha value is -4.70. The van der Waals surface area contributed by atoms with Crippen LogP contribution in [-0.4, -0.2) is 47.8 Å². The summed E-state index contributed by atoms with van der Waals surface area (Å²) in [6.07, 6.45) is -0.895. The summed E-state index contributed by atoms with van der Waals surface area (Å²) in [6.45, 7) is 3.23.